The monoisotopic (exact) mass is 313 g/mol. The van der Waals surface area contributed by atoms with Gasteiger partial charge in [0.1, 0.15) is 0 Å². The summed E-state index contributed by atoms with van der Waals surface area (Å²) in [5.74, 6) is 0.394. The smallest absolute Gasteiger partial charge is 0.0700 e. The molecule has 1 rings (SSSR count). The lowest BCUT2D eigenvalue weighted by Gasteiger charge is -2.26. The maximum Gasteiger partial charge on any atom is 0.0700 e. The molecule has 1 aromatic rings. The molecule has 0 bridgehead atoms. The van der Waals surface area contributed by atoms with E-state index < -0.39 is 0 Å². The summed E-state index contributed by atoms with van der Waals surface area (Å²) >= 11 is 6.11. The SMILES string of the molecule is COCCOCCC(CNC(C)(C)C)c1cccc(Cl)c1. The molecular formula is C17H28ClNO2. The van der Waals surface area contributed by atoms with Gasteiger partial charge in [-0.25, -0.2) is 0 Å². The van der Waals surface area contributed by atoms with E-state index in [0.717, 1.165) is 24.6 Å². The zero-order valence-electron chi connectivity index (χ0n) is 13.6. The summed E-state index contributed by atoms with van der Waals surface area (Å²) in [5.41, 5.74) is 1.36. The first-order valence-corrected chi connectivity index (χ1v) is 7.87. The summed E-state index contributed by atoms with van der Waals surface area (Å²) < 4.78 is 10.6. The van der Waals surface area contributed by atoms with Crippen LogP contribution in [-0.2, 0) is 9.47 Å². The Morgan fingerprint density at radius 1 is 1.19 bits per heavy atom. The molecule has 0 saturated carbocycles. The normalized spacial score (nSPS) is 13.4. The number of ether oxygens (including phenoxy) is 2. The number of hydrogen-bond acceptors (Lipinski definition) is 3. The van der Waals surface area contributed by atoms with Gasteiger partial charge in [-0.3, -0.25) is 0 Å². The first kappa shape index (κ1) is 18.4. The van der Waals surface area contributed by atoms with Gasteiger partial charge >= 0.3 is 0 Å². The fraction of sp³-hybridized carbons (Fsp3) is 0.647. The highest BCUT2D eigenvalue weighted by atomic mass is 35.5. The van der Waals surface area contributed by atoms with Crippen LogP contribution in [0.25, 0.3) is 0 Å². The van der Waals surface area contributed by atoms with Crippen LogP contribution in [0.3, 0.4) is 0 Å². The van der Waals surface area contributed by atoms with E-state index in [9.17, 15) is 0 Å². The number of rotatable bonds is 9. The van der Waals surface area contributed by atoms with Crippen LogP contribution in [-0.4, -0.2) is 39.0 Å². The molecule has 0 aromatic heterocycles. The molecule has 0 saturated heterocycles. The summed E-state index contributed by atoms with van der Waals surface area (Å²) in [4.78, 5) is 0. The van der Waals surface area contributed by atoms with E-state index in [1.165, 1.54) is 5.56 Å². The van der Waals surface area contributed by atoms with Crippen LogP contribution in [0.15, 0.2) is 24.3 Å². The molecule has 21 heavy (non-hydrogen) atoms. The van der Waals surface area contributed by atoms with Crippen molar-refractivity contribution in [3.05, 3.63) is 34.9 Å². The van der Waals surface area contributed by atoms with Crippen molar-refractivity contribution in [3.8, 4) is 0 Å². The molecule has 4 heteroatoms. The lowest BCUT2D eigenvalue weighted by atomic mass is 9.94. The van der Waals surface area contributed by atoms with E-state index in [4.69, 9.17) is 21.1 Å². The van der Waals surface area contributed by atoms with Crippen molar-refractivity contribution in [2.45, 2.75) is 38.6 Å². The van der Waals surface area contributed by atoms with Crippen molar-refractivity contribution < 1.29 is 9.47 Å². The van der Waals surface area contributed by atoms with E-state index in [1.807, 2.05) is 18.2 Å². The maximum atomic E-state index is 6.11. The Labute approximate surface area is 134 Å². The molecule has 0 heterocycles. The van der Waals surface area contributed by atoms with Crippen LogP contribution in [0.1, 0.15) is 38.7 Å². The van der Waals surface area contributed by atoms with E-state index in [-0.39, 0.29) is 5.54 Å². The molecule has 1 unspecified atom stereocenters. The van der Waals surface area contributed by atoms with Crippen molar-refractivity contribution >= 4 is 11.6 Å². The fourth-order valence-corrected chi connectivity index (χ4v) is 2.25. The van der Waals surface area contributed by atoms with Gasteiger partial charge in [0.05, 0.1) is 13.2 Å². The Hall–Kier alpha value is -0.610. The van der Waals surface area contributed by atoms with E-state index in [1.54, 1.807) is 7.11 Å². The lowest BCUT2D eigenvalue weighted by Crippen LogP contribution is -2.38. The molecule has 1 N–H and O–H groups in total. The summed E-state index contributed by atoms with van der Waals surface area (Å²) in [7, 11) is 1.69. The van der Waals surface area contributed by atoms with Crippen LogP contribution >= 0.6 is 11.6 Å². The van der Waals surface area contributed by atoms with Crippen LogP contribution in [0, 0.1) is 0 Å². The Morgan fingerprint density at radius 2 is 1.95 bits per heavy atom. The maximum absolute atomic E-state index is 6.11. The summed E-state index contributed by atoms with van der Waals surface area (Å²) in [5, 5.41) is 4.35. The molecule has 3 nitrogen and oxygen atoms in total. The van der Waals surface area contributed by atoms with E-state index >= 15 is 0 Å². The van der Waals surface area contributed by atoms with Crippen molar-refractivity contribution in [2.75, 3.05) is 33.5 Å². The molecule has 0 amide bonds. The minimum atomic E-state index is 0.105. The highest BCUT2D eigenvalue weighted by Gasteiger charge is 2.16. The molecule has 120 valence electrons. The zero-order chi connectivity index (χ0) is 15.7. The van der Waals surface area contributed by atoms with Crippen molar-refractivity contribution in [1.29, 1.82) is 0 Å². The van der Waals surface area contributed by atoms with E-state index in [0.29, 0.717) is 19.1 Å². The second-order valence-electron chi connectivity index (χ2n) is 6.28. The molecule has 0 aliphatic heterocycles. The molecule has 1 aromatic carbocycles. The summed E-state index contributed by atoms with van der Waals surface area (Å²) in [6.45, 7) is 9.46. The molecule has 0 spiro atoms. The van der Waals surface area contributed by atoms with Gasteiger partial charge < -0.3 is 14.8 Å². The number of methoxy groups -OCH3 is 1. The Balaban J connectivity index is 2.57. The summed E-state index contributed by atoms with van der Waals surface area (Å²) in [6.07, 6.45) is 0.965. The summed E-state index contributed by atoms with van der Waals surface area (Å²) in [6, 6.07) is 8.10. The minimum absolute atomic E-state index is 0.105. The van der Waals surface area contributed by atoms with Gasteiger partial charge in [0.2, 0.25) is 0 Å². The third kappa shape index (κ3) is 8.42. The van der Waals surface area contributed by atoms with Gasteiger partial charge in [-0.1, -0.05) is 23.7 Å². The van der Waals surface area contributed by atoms with Gasteiger partial charge in [0.25, 0.3) is 0 Å². The highest BCUT2D eigenvalue weighted by Crippen LogP contribution is 2.23. The number of halogens is 1. The Bertz CT molecular complexity index is 404. The van der Waals surface area contributed by atoms with Gasteiger partial charge in [-0.2, -0.15) is 0 Å². The van der Waals surface area contributed by atoms with Crippen molar-refractivity contribution in [1.82, 2.24) is 5.32 Å². The van der Waals surface area contributed by atoms with Crippen LogP contribution in [0.5, 0.6) is 0 Å². The fourth-order valence-electron chi connectivity index (χ4n) is 2.05. The van der Waals surface area contributed by atoms with Crippen LogP contribution in [0.2, 0.25) is 5.02 Å². The van der Waals surface area contributed by atoms with Gasteiger partial charge in [-0.05, 0) is 50.8 Å². The highest BCUT2D eigenvalue weighted by molar-refractivity contribution is 6.30. The number of nitrogens with one attached hydrogen (secondary N) is 1. The van der Waals surface area contributed by atoms with E-state index in [2.05, 4.69) is 32.2 Å². The van der Waals surface area contributed by atoms with Gasteiger partial charge in [-0.15, -0.1) is 0 Å². The third-order valence-electron chi connectivity index (χ3n) is 3.24. The Morgan fingerprint density at radius 3 is 2.57 bits per heavy atom. The minimum Gasteiger partial charge on any atom is -0.382 e. The predicted octanol–water partition coefficient (Wildman–Crippen LogP) is 3.86. The largest absolute Gasteiger partial charge is 0.382 e. The van der Waals surface area contributed by atoms with Crippen LogP contribution in [0.4, 0.5) is 0 Å². The first-order valence-electron chi connectivity index (χ1n) is 7.49. The standard InChI is InChI=1S/C17H28ClNO2/c1-17(2,3)19-13-15(8-9-21-11-10-20-4)14-6-5-7-16(18)12-14/h5-7,12,15,19H,8-11,13H2,1-4H3. The second-order valence-corrected chi connectivity index (χ2v) is 6.71. The number of hydrogen-bond donors (Lipinski definition) is 1. The molecule has 1 atom stereocenters. The molecular weight excluding hydrogens is 286 g/mol. The van der Waals surface area contributed by atoms with Crippen LogP contribution < -0.4 is 5.32 Å². The van der Waals surface area contributed by atoms with Gasteiger partial charge in [0.15, 0.2) is 0 Å². The Kier molecular flexibility index (Phi) is 8.27. The average Bonchev–Trinajstić information content (AvgIpc) is 2.40. The van der Waals surface area contributed by atoms with Crippen molar-refractivity contribution in [2.24, 2.45) is 0 Å². The molecule has 0 radical (unpaired) electrons. The van der Waals surface area contributed by atoms with Gasteiger partial charge in [0, 0.05) is 30.8 Å². The predicted molar refractivity (Wildman–Crippen MR) is 89.3 cm³/mol. The topological polar surface area (TPSA) is 30.5 Å². The third-order valence-corrected chi connectivity index (χ3v) is 3.48. The average molecular weight is 314 g/mol. The quantitative estimate of drug-likeness (QED) is 0.702. The molecule has 0 aliphatic carbocycles. The zero-order valence-corrected chi connectivity index (χ0v) is 14.4. The second kappa shape index (κ2) is 9.42. The first-order chi connectivity index (χ1) is 9.92. The van der Waals surface area contributed by atoms with Crippen molar-refractivity contribution in [3.63, 3.8) is 0 Å². The lowest BCUT2D eigenvalue weighted by molar-refractivity contribution is 0.0667. The molecule has 0 fully saturated rings. The number of benzene rings is 1. The molecule has 0 aliphatic rings.